The first-order chi connectivity index (χ1) is 8.56. The molecular formula is C14H23NO3. The van der Waals surface area contributed by atoms with Crippen LogP contribution >= 0.6 is 0 Å². The van der Waals surface area contributed by atoms with E-state index >= 15 is 0 Å². The van der Waals surface area contributed by atoms with E-state index in [-0.39, 0.29) is 12.0 Å². The van der Waals surface area contributed by atoms with Crippen molar-refractivity contribution in [1.82, 2.24) is 0 Å². The third kappa shape index (κ3) is 3.81. The molecule has 0 bridgehead atoms. The molecule has 1 atom stereocenters. The van der Waals surface area contributed by atoms with Gasteiger partial charge >= 0.3 is 0 Å². The second-order valence-corrected chi connectivity index (χ2v) is 4.78. The molecule has 0 radical (unpaired) electrons. The van der Waals surface area contributed by atoms with Gasteiger partial charge in [-0.3, -0.25) is 0 Å². The molecule has 2 N–H and O–H groups in total. The zero-order chi connectivity index (χ0) is 13.6. The largest absolute Gasteiger partial charge is 0.497 e. The molecule has 1 unspecified atom stereocenters. The minimum atomic E-state index is -0.115. The molecule has 0 aromatic heterocycles. The summed E-state index contributed by atoms with van der Waals surface area (Å²) in [7, 11) is 3.25. The highest BCUT2D eigenvalue weighted by Crippen LogP contribution is 2.27. The summed E-state index contributed by atoms with van der Waals surface area (Å²) in [5.41, 5.74) is 0.815. The van der Waals surface area contributed by atoms with Crippen LogP contribution < -0.4 is 14.8 Å². The maximum atomic E-state index is 9.38. The van der Waals surface area contributed by atoms with Crippen LogP contribution in [-0.4, -0.2) is 32.5 Å². The van der Waals surface area contributed by atoms with Crippen molar-refractivity contribution in [3.63, 3.8) is 0 Å². The van der Waals surface area contributed by atoms with E-state index < -0.39 is 0 Å². The van der Waals surface area contributed by atoms with E-state index in [4.69, 9.17) is 9.47 Å². The SMILES string of the molecule is CCC(C)(CO)CNc1cc(OC)cc(OC)c1. The number of methoxy groups -OCH3 is 2. The summed E-state index contributed by atoms with van der Waals surface area (Å²) in [5, 5.41) is 12.7. The van der Waals surface area contributed by atoms with Crippen LogP contribution in [0.3, 0.4) is 0 Å². The van der Waals surface area contributed by atoms with Gasteiger partial charge in [0.25, 0.3) is 0 Å². The number of aliphatic hydroxyl groups is 1. The van der Waals surface area contributed by atoms with Crippen molar-refractivity contribution in [2.45, 2.75) is 20.3 Å². The van der Waals surface area contributed by atoms with Crippen molar-refractivity contribution in [1.29, 1.82) is 0 Å². The monoisotopic (exact) mass is 253 g/mol. The summed E-state index contributed by atoms with van der Waals surface area (Å²) < 4.78 is 10.4. The lowest BCUT2D eigenvalue weighted by molar-refractivity contribution is 0.149. The Kier molecular flexibility index (Phi) is 5.28. The first-order valence-electron chi connectivity index (χ1n) is 6.14. The van der Waals surface area contributed by atoms with Crippen LogP contribution in [0.1, 0.15) is 20.3 Å². The Hall–Kier alpha value is -1.42. The number of ether oxygens (including phenoxy) is 2. The quantitative estimate of drug-likeness (QED) is 0.784. The van der Waals surface area contributed by atoms with Gasteiger partial charge in [0.2, 0.25) is 0 Å². The van der Waals surface area contributed by atoms with Crippen LogP contribution in [0.4, 0.5) is 5.69 Å². The molecule has 0 aliphatic heterocycles. The second kappa shape index (κ2) is 6.50. The summed E-state index contributed by atoms with van der Waals surface area (Å²) in [4.78, 5) is 0. The zero-order valence-corrected chi connectivity index (χ0v) is 11.6. The van der Waals surface area contributed by atoms with Crippen LogP contribution in [0.5, 0.6) is 11.5 Å². The summed E-state index contributed by atoms with van der Waals surface area (Å²) in [6.07, 6.45) is 0.914. The third-order valence-electron chi connectivity index (χ3n) is 3.31. The summed E-state index contributed by atoms with van der Waals surface area (Å²) >= 11 is 0. The molecule has 0 spiro atoms. The van der Waals surface area contributed by atoms with Crippen molar-refractivity contribution in [2.24, 2.45) is 5.41 Å². The smallest absolute Gasteiger partial charge is 0.124 e. The molecule has 18 heavy (non-hydrogen) atoms. The van der Waals surface area contributed by atoms with E-state index in [9.17, 15) is 5.11 Å². The van der Waals surface area contributed by atoms with E-state index in [2.05, 4.69) is 19.2 Å². The van der Waals surface area contributed by atoms with Crippen molar-refractivity contribution >= 4 is 5.69 Å². The van der Waals surface area contributed by atoms with E-state index in [1.165, 1.54) is 0 Å². The topological polar surface area (TPSA) is 50.7 Å². The van der Waals surface area contributed by atoms with E-state index in [1.807, 2.05) is 18.2 Å². The van der Waals surface area contributed by atoms with E-state index in [1.54, 1.807) is 14.2 Å². The molecule has 4 nitrogen and oxygen atoms in total. The molecule has 1 aromatic rings. The van der Waals surface area contributed by atoms with Crippen molar-refractivity contribution in [3.05, 3.63) is 18.2 Å². The van der Waals surface area contributed by atoms with E-state index in [0.717, 1.165) is 23.6 Å². The molecule has 0 aliphatic rings. The number of anilines is 1. The molecule has 102 valence electrons. The van der Waals surface area contributed by atoms with Gasteiger partial charge in [0, 0.05) is 35.8 Å². The number of hydrogen-bond donors (Lipinski definition) is 2. The molecule has 4 heteroatoms. The minimum absolute atomic E-state index is 0.115. The van der Waals surface area contributed by atoms with Crippen LogP contribution in [0.2, 0.25) is 0 Å². The summed E-state index contributed by atoms with van der Waals surface area (Å²) in [6, 6.07) is 5.65. The summed E-state index contributed by atoms with van der Waals surface area (Å²) in [5.74, 6) is 1.50. The Morgan fingerprint density at radius 1 is 1.17 bits per heavy atom. The number of hydrogen-bond acceptors (Lipinski definition) is 4. The zero-order valence-electron chi connectivity index (χ0n) is 11.6. The highest BCUT2D eigenvalue weighted by Gasteiger charge is 2.20. The molecule has 0 fully saturated rings. The Morgan fingerprint density at radius 2 is 1.72 bits per heavy atom. The Labute approximate surface area is 109 Å². The molecular weight excluding hydrogens is 230 g/mol. The number of aliphatic hydroxyl groups excluding tert-OH is 1. The fraction of sp³-hybridized carbons (Fsp3) is 0.571. The van der Waals surface area contributed by atoms with Gasteiger partial charge in [-0.25, -0.2) is 0 Å². The van der Waals surface area contributed by atoms with Crippen molar-refractivity contribution < 1.29 is 14.6 Å². The molecule has 0 saturated heterocycles. The van der Waals surface area contributed by atoms with Gasteiger partial charge in [0.1, 0.15) is 11.5 Å². The third-order valence-corrected chi connectivity index (χ3v) is 3.31. The second-order valence-electron chi connectivity index (χ2n) is 4.78. The number of benzene rings is 1. The lowest BCUT2D eigenvalue weighted by Gasteiger charge is -2.26. The van der Waals surface area contributed by atoms with Gasteiger partial charge < -0.3 is 19.9 Å². The maximum Gasteiger partial charge on any atom is 0.124 e. The number of nitrogens with one attached hydrogen (secondary N) is 1. The van der Waals surface area contributed by atoms with Crippen LogP contribution in [0.15, 0.2) is 18.2 Å². The first kappa shape index (κ1) is 14.6. The Morgan fingerprint density at radius 3 is 2.11 bits per heavy atom. The fourth-order valence-corrected chi connectivity index (χ4v) is 1.52. The molecule has 0 saturated carbocycles. The van der Waals surface area contributed by atoms with E-state index in [0.29, 0.717) is 6.54 Å². The summed E-state index contributed by atoms with van der Waals surface area (Å²) in [6.45, 7) is 5.00. The van der Waals surface area contributed by atoms with Gasteiger partial charge in [-0.2, -0.15) is 0 Å². The van der Waals surface area contributed by atoms with Gasteiger partial charge in [0.05, 0.1) is 20.8 Å². The number of rotatable bonds is 7. The van der Waals surface area contributed by atoms with Gasteiger partial charge in [-0.05, 0) is 6.42 Å². The highest BCUT2D eigenvalue weighted by atomic mass is 16.5. The normalized spacial score (nSPS) is 13.8. The van der Waals surface area contributed by atoms with Gasteiger partial charge in [0.15, 0.2) is 0 Å². The lowest BCUT2D eigenvalue weighted by Crippen LogP contribution is -2.29. The van der Waals surface area contributed by atoms with Gasteiger partial charge in [-0.15, -0.1) is 0 Å². The lowest BCUT2D eigenvalue weighted by atomic mass is 9.88. The molecule has 1 rings (SSSR count). The van der Waals surface area contributed by atoms with Crippen LogP contribution in [0.25, 0.3) is 0 Å². The Balaban J connectivity index is 2.78. The average molecular weight is 253 g/mol. The fourth-order valence-electron chi connectivity index (χ4n) is 1.52. The molecule has 0 amide bonds. The molecule has 1 aromatic carbocycles. The van der Waals surface area contributed by atoms with Crippen LogP contribution in [0, 0.1) is 5.41 Å². The average Bonchev–Trinajstić information content (AvgIpc) is 2.44. The molecule has 0 heterocycles. The predicted molar refractivity (Wildman–Crippen MR) is 73.5 cm³/mol. The van der Waals surface area contributed by atoms with Gasteiger partial charge in [-0.1, -0.05) is 13.8 Å². The maximum absolute atomic E-state index is 9.38. The molecule has 0 aliphatic carbocycles. The minimum Gasteiger partial charge on any atom is -0.497 e. The Bertz CT molecular complexity index is 353. The van der Waals surface area contributed by atoms with Crippen molar-refractivity contribution in [3.8, 4) is 11.5 Å². The highest BCUT2D eigenvalue weighted by molar-refractivity contribution is 5.53. The predicted octanol–water partition coefficient (Wildman–Crippen LogP) is 2.52. The van der Waals surface area contributed by atoms with Crippen molar-refractivity contribution in [2.75, 3.05) is 32.7 Å². The first-order valence-corrected chi connectivity index (χ1v) is 6.14. The standard InChI is InChI=1S/C14H23NO3/c1-5-14(2,10-16)9-15-11-6-12(17-3)8-13(7-11)18-4/h6-8,15-16H,5,9-10H2,1-4H3. The van der Waals surface area contributed by atoms with Crippen LogP contribution in [-0.2, 0) is 0 Å².